The van der Waals surface area contributed by atoms with E-state index in [-0.39, 0.29) is 12.3 Å². The van der Waals surface area contributed by atoms with Crippen LogP contribution in [0, 0.1) is 6.92 Å². The Balaban J connectivity index is 2.49. The Bertz CT molecular complexity index is 379. The number of aliphatic hydroxyl groups is 1. The van der Waals surface area contributed by atoms with Crippen molar-refractivity contribution in [2.24, 2.45) is 5.73 Å². The Morgan fingerprint density at radius 3 is 2.88 bits per heavy atom. The molecule has 0 heterocycles. The normalized spacial score (nSPS) is 12.4. The van der Waals surface area contributed by atoms with Gasteiger partial charge in [0.25, 0.3) is 0 Å². The van der Waals surface area contributed by atoms with E-state index in [1.165, 1.54) is 0 Å². The second-order valence-electron chi connectivity index (χ2n) is 3.63. The van der Waals surface area contributed by atoms with Gasteiger partial charge >= 0.3 is 0 Å². The van der Waals surface area contributed by atoms with Crippen LogP contribution in [0.3, 0.4) is 0 Å². The number of rotatable bonds is 5. The standard InChI is InChI=1S/C11H16N2O3/c1-7-3-2-4-8(10(7)15)5-13-6-9(14)11(12)16/h2-4,9,13-15H,5-6H2,1H3,(H2,12,16). The lowest BCUT2D eigenvalue weighted by atomic mass is 10.1. The summed E-state index contributed by atoms with van der Waals surface area (Å²) >= 11 is 0. The molecule has 0 spiro atoms. The molecule has 0 bridgehead atoms. The van der Waals surface area contributed by atoms with Crippen LogP contribution >= 0.6 is 0 Å². The highest BCUT2D eigenvalue weighted by Gasteiger charge is 2.10. The number of nitrogens with two attached hydrogens (primary N) is 1. The predicted molar refractivity (Wildman–Crippen MR) is 59.8 cm³/mol. The summed E-state index contributed by atoms with van der Waals surface area (Å²) in [5.41, 5.74) is 6.40. The zero-order valence-corrected chi connectivity index (χ0v) is 9.10. The van der Waals surface area contributed by atoms with Gasteiger partial charge in [0.05, 0.1) is 0 Å². The van der Waals surface area contributed by atoms with Crippen LogP contribution in [0.2, 0.25) is 0 Å². The fourth-order valence-corrected chi connectivity index (χ4v) is 1.31. The topological polar surface area (TPSA) is 95.6 Å². The largest absolute Gasteiger partial charge is 0.507 e. The van der Waals surface area contributed by atoms with Crippen LogP contribution in [0.15, 0.2) is 18.2 Å². The number of phenols is 1. The SMILES string of the molecule is Cc1cccc(CNCC(O)C(N)=O)c1O. The van der Waals surface area contributed by atoms with E-state index in [2.05, 4.69) is 5.32 Å². The van der Waals surface area contributed by atoms with Crippen molar-refractivity contribution in [2.45, 2.75) is 19.6 Å². The predicted octanol–water partition coefficient (Wildman–Crippen LogP) is -0.364. The van der Waals surface area contributed by atoms with Crippen LogP contribution in [0.1, 0.15) is 11.1 Å². The van der Waals surface area contributed by atoms with Crippen molar-refractivity contribution in [3.8, 4) is 5.75 Å². The van der Waals surface area contributed by atoms with Crippen molar-refractivity contribution in [2.75, 3.05) is 6.54 Å². The second-order valence-corrected chi connectivity index (χ2v) is 3.63. The van der Waals surface area contributed by atoms with Gasteiger partial charge in [-0.1, -0.05) is 18.2 Å². The number of phenolic OH excluding ortho intramolecular Hbond substituents is 1. The van der Waals surface area contributed by atoms with Gasteiger partial charge in [0.2, 0.25) is 5.91 Å². The zero-order chi connectivity index (χ0) is 12.1. The summed E-state index contributed by atoms with van der Waals surface area (Å²) in [5, 5.41) is 21.6. The van der Waals surface area contributed by atoms with Crippen LogP contribution in [0.5, 0.6) is 5.75 Å². The summed E-state index contributed by atoms with van der Waals surface area (Å²) in [4.78, 5) is 10.5. The highest BCUT2D eigenvalue weighted by Crippen LogP contribution is 2.20. The first kappa shape index (κ1) is 12.5. The van der Waals surface area contributed by atoms with Crippen molar-refractivity contribution in [3.05, 3.63) is 29.3 Å². The van der Waals surface area contributed by atoms with Crippen LogP contribution in [0.25, 0.3) is 0 Å². The minimum absolute atomic E-state index is 0.0721. The lowest BCUT2D eigenvalue weighted by molar-refractivity contribution is -0.125. The Hall–Kier alpha value is -1.59. The molecular weight excluding hydrogens is 208 g/mol. The van der Waals surface area contributed by atoms with E-state index in [1.807, 2.05) is 6.07 Å². The maximum atomic E-state index is 10.5. The van der Waals surface area contributed by atoms with E-state index in [0.29, 0.717) is 6.54 Å². The van der Waals surface area contributed by atoms with Crippen LogP contribution in [0.4, 0.5) is 0 Å². The molecule has 1 aromatic rings. The highest BCUT2D eigenvalue weighted by molar-refractivity contribution is 5.78. The zero-order valence-electron chi connectivity index (χ0n) is 9.10. The number of hydrogen-bond acceptors (Lipinski definition) is 4. The van der Waals surface area contributed by atoms with E-state index in [9.17, 15) is 9.90 Å². The smallest absolute Gasteiger partial charge is 0.247 e. The number of aromatic hydroxyl groups is 1. The number of hydrogen-bond donors (Lipinski definition) is 4. The molecule has 0 aliphatic carbocycles. The molecule has 0 aromatic heterocycles. The number of benzene rings is 1. The quantitative estimate of drug-likeness (QED) is 0.549. The Labute approximate surface area is 93.9 Å². The Morgan fingerprint density at radius 1 is 1.56 bits per heavy atom. The minimum Gasteiger partial charge on any atom is -0.507 e. The number of para-hydroxylation sites is 1. The Morgan fingerprint density at radius 2 is 2.25 bits per heavy atom. The minimum atomic E-state index is -1.20. The lowest BCUT2D eigenvalue weighted by Gasteiger charge is -2.10. The first-order valence-electron chi connectivity index (χ1n) is 4.98. The van der Waals surface area contributed by atoms with Gasteiger partial charge in [0, 0.05) is 18.7 Å². The molecule has 0 aliphatic rings. The number of aryl methyl sites for hydroxylation is 1. The number of aliphatic hydroxyl groups excluding tert-OH is 1. The molecular formula is C11H16N2O3. The summed E-state index contributed by atoms with van der Waals surface area (Å²) in [6.07, 6.45) is -1.20. The van der Waals surface area contributed by atoms with Gasteiger partial charge < -0.3 is 21.3 Å². The molecule has 88 valence electrons. The average molecular weight is 224 g/mol. The van der Waals surface area contributed by atoms with Crippen molar-refractivity contribution < 1.29 is 15.0 Å². The molecule has 1 amide bonds. The molecule has 0 saturated carbocycles. The second kappa shape index (κ2) is 5.48. The van der Waals surface area contributed by atoms with Gasteiger partial charge in [-0.15, -0.1) is 0 Å². The van der Waals surface area contributed by atoms with Crippen molar-refractivity contribution >= 4 is 5.91 Å². The molecule has 0 radical (unpaired) electrons. The number of primary amides is 1. The first-order valence-corrected chi connectivity index (χ1v) is 4.98. The van der Waals surface area contributed by atoms with E-state index in [4.69, 9.17) is 10.8 Å². The van der Waals surface area contributed by atoms with Crippen molar-refractivity contribution in [1.29, 1.82) is 0 Å². The third-order valence-electron chi connectivity index (χ3n) is 2.30. The molecule has 1 unspecified atom stereocenters. The summed E-state index contributed by atoms with van der Waals surface area (Å²) in [6, 6.07) is 5.40. The molecule has 0 fully saturated rings. The number of carbonyl (C=O) groups excluding carboxylic acids is 1. The van der Waals surface area contributed by atoms with Gasteiger partial charge in [-0.3, -0.25) is 4.79 Å². The maximum Gasteiger partial charge on any atom is 0.247 e. The van der Waals surface area contributed by atoms with Crippen molar-refractivity contribution in [1.82, 2.24) is 5.32 Å². The van der Waals surface area contributed by atoms with Crippen LogP contribution in [-0.4, -0.2) is 28.8 Å². The van der Waals surface area contributed by atoms with Gasteiger partial charge in [-0.2, -0.15) is 0 Å². The van der Waals surface area contributed by atoms with Gasteiger partial charge in [0.1, 0.15) is 11.9 Å². The summed E-state index contributed by atoms with van der Waals surface area (Å²) in [7, 11) is 0. The molecule has 1 aromatic carbocycles. The fourth-order valence-electron chi connectivity index (χ4n) is 1.31. The molecule has 0 aliphatic heterocycles. The molecule has 16 heavy (non-hydrogen) atoms. The van der Waals surface area contributed by atoms with E-state index in [0.717, 1.165) is 11.1 Å². The first-order chi connectivity index (χ1) is 7.52. The van der Waals surface area contributed by atoms with Crippen LogP contribution in [-0.2, 0) is 11.3 Å². The average Bonchev–Trinajstić information content (AvgIpc) is 2.24. The molecule has 5 nitrogen and oxygen atoms in total. The van der Waals surface area contributed by atoms with E-state index >= 15 is 0 Å². The number of carbonyl (C=O) groups is 1. The summed E-state index contributed by atoms with van der Waals surface area (Å²) in [5.74, 6) is -0.537. The Kier molecular flexibility index (Phi) is 4.28. The number of nitrogens with one attached hydrogen (secondary N) is 1. The summed E-state index contributed by atoms with van der Waals surface area (Å²) in [6.45, 7) is 2.25. The van der Waals surface area contributed by atoms with Gasteiger partial charge in [0.15, 0.2) is 0 Å². The van der Waals surface area contributed by atoms with Gasteiger partial charge in [-0.05, 0) is 12.5 Å². The highest BCUT2D eigenvalue weighted by atomic mass is 16.3. The van der Waals surface area contributed by atoms with E-state index < -0.39 is 12.0 Å². The maximum absolute atomic E-state index is 10.5. The van der Waals surface area contributed by atoms with E-state index in [1.54, 1.807) is 19.1 Å². The monoisotopic (exact) mass is 224 g/mol. The molecule has 5 heteroatoms. The summed E-state index contributed by atoms with van der Waals surface area (Å²) < 4.78 is 0. The molecule has 1 atom stereocenters. The van der Waals surface area contributed by atoms with Crippen molar-refractivity contribution in [3.63, 3.8) is 0 Å². The fraction of sp³-hybridized carbons (Fsp3) is 0.364. The third-order valence-corrected chi connectivity index (χ3v) is 2.30. The molecule has 0 saturated heterocycles. The van der Waals surface area contributed by atoms with Gasteiger partial charge in [-0.25, -0.2) is 0 Å². The van der Waals surface area contributed by atoms with Crippen LogP contribution < -0.4 is 11.1 Å². The lowest BCUT2D eigenvalue weighted by Crippen LogP contribution is -2.37. The molecule has 1 rings (SSSR count). The third kappa shape index (κ3) is 3.22. The molecule has 5 N–H and O–H groups in total. The number of amides is 1.